The second-order valence-corrected chi connectivity index (χ2v) is 4.81. The van der Waals surface area contributed by atoms with E-state index in [1.54, 1.807) is 7.11 Å². The molecule has 0 radical (unpaired) electrons. The summed E-state index contributed by atoms with van der Waals surface area (Å²) in [7, 11) is 3.67. The quantitative estimate of drug-likeness (QED) is 0.761. The number of nitrogens with one attached hydrogen (secondary N) is 2. The van der Waals surface area contributed by atoms with E-state index in [9.17, 15) is 0 Å². The van der Waals surface area contributed by atoms with Crippen LogP contribution in [0.4, 0.5) is 11.4 Å². The van der Waals surface area contributed by atoms with Gasteiger partial charge in [0.1, 0.15) is 0 Å². The first-order valence-corrected chi connectivity index (χ1v) is 6.14. The molecule has 4 nitrogen and oxygen atoms in total. The second-order valence-electron chi connectivity index (χ2n) is 4.81. The lowest BCUT2D eigenvalue weighted by Gasteiger charge is -2.16. The number of anilines is 2. The Kier molecular flexibility index (Phi) is 3.84. The highest BCUT2D eigenvalue weighted by molar-refractivity contribution is 5.53. The molecular weight excluding hydrogens is 214 g/mol. The van der Waals surface area contributed by atoms with E-state index in [1.807, 2.05) is 19.4 Å². The van der Waals surface area contributed by atoms with E-state index in [-0.39, 0.29) is 0 Å². The molecule has 1 aromatic heterocycles. The van der Waals surface area contributed by atoms with Crippen LogP contribution in [0, 0.1) is 5.41 Å². The van der Waals surface area contributed by atoms with Crippen molar-refractivity contribution in [2.75, 3.05) is 37.9 Å². The molecule has 0 unspecified atom stereocenters. The van der Waals surface area contributed by atoms with Crippen molar-refractivity contribution in [2.24, 2.45) is 5.41 Å². The summed E-state index contributed by atoms with van der Waals surface area (Å²) in [4.78, 5) is 4.19. The van der Waals surface area contributed by atoms with Crippen LogP contribution in [-0.2, 0) is 4.74 Å². The maximum absolute atomic E-state index is 5.16. The average Bonchev–Trinajstić information content (AvgIpc) is 3.15. The Morgan fingerprint density at radius 1 is 1.35 bits per heavy atom. The lowest BCUT2D eigenvalue weighted by Crippen LogP contribution is -2.17. The SMILES string of the molecule is CNc1cncc(NCC2(CCOC)CC2)c1. The minimum Gasteiger partial charge on any atom is -0.387 e. The van der Waals surface area contributed by atoms with E-state index >= 15 is 0 Å². The predicted molar refractivity (Wildman–Crippen MR) is 70.4 cm³/mol. The predicted octanol–water partition coefficient (Wildman–Crippen LogP) is 2.35. The molecule has 4 heteroatoms. The Morgan fingerprint density at radius 3 is 2.76 bits per heavy atom. The van der Waals surface area contributed by atoms with Gasteiger partial charge in [0.15, 0.2) is 0 Å². The van der Waals surface area contributed by atoms with Crippen molar-refractivity contribution in [1.29, 1.82) is 0 Å². The van der Waals surface area contributed by atoms with Crippen molar-refractivity contribution in [3.63, 3.8) is 0 Å². The molecular formula is C13H21N3O. The fourth-order valence-electron chi connectivity index (χ4n) is 1.97. The molecule has 0 atom stereocenters. The van der Waals surface area contributed by atoms with Crippen LogP contribution < -0.4 is 10.6 Å². The molecule has 1 fully saturated rings. The first kappa shape index (κ1) is 12.2. The van der Waals surface area contributed by atoms with Crippen molar-refractivity contribution in [3.8, 4) is 0 Å². The largest absolute Gasteiger partial charge is 0.387 e. The first-order chi connectivity index (χ1) is 8.28. The normalized spacial score (nSPS) is 16.6. The Hall–Kier alpha value is -1.29. The second kappa shape index (κ2) is 5.36. The van der Waals surface area contributed by atoms with Crippen LogP contribution >= 0.6 is 0 Å². The summed E-state index contributed by atoms with van der Waals surface area (Å²) < 4.78 is 5.16. The zero-order valence-electron chi connectivity index (χ0n) is 10.6. The van der Waals surface area contributed by atoms with Crippen molar-refractivity contribution in [3.05, 3.63) is 18.5 Å². The molecule has 1 heterocycles. The summed E-state index contributed by atoms with van der Waals surface area (Å²) in [6.07, 6.45) is 7.46. The van der Waals surface area contributed by atoms with E-state index in [4.69, 9.17) is 4.74 Å². The van der Waals surface area contributed by atoms with Crippen molar-refractivity contribution in [2.45, 2.75) is 19.3 Å². The minimum atomic E-state index is 0.464. The molecule has 0 bridgehead atoms. The zero-order chi connectivity index (χ0) is 12.1. The van der Waals surface area contributed by atoms with Crippen molar-refractivity contribution in [1.82, 2.24) is 4.98 Å². The Bertz CT molecular complexity index is 363. The lowest BCUT2D eigenvalue weighted by atomic mass is 10.0. The van der Waals surface area contributed by atoms with Gasteiger partial charge in [-0.1, -0.05) is 0 Å². The Labute approximate surface area is 103 Å². The van der Waals surface area contributed by atoms with Gasteiger partial charge in [-0.2, -0.15) is 0 Å². The molecule has 1 saturated carbocycles. The van der Waals surface area contributed by atoms with Gasteiger partial charge < -0.3 is 15.4 Å². The molecule has 0 aliphatic heterocycles. The van der Waals surface area contributed by atoms with Gasteiger partial charge in [0.25, 0.3) is 0 Å². The third kappa shape index (κ3) is 3.33. The molecule has 0 amide bonds. The standard InChI is InChI=1S/C13H21N3O/c1-14-11-7-12(9-15-8-11)16-10-13(3-4-13)5-6-17-2/h7-9,14,16H,3-6,10H2,1-2H3. The molecule has 0 saturated heterocycles. The maximum atomic E-state index is 5.16. The van der Waals surface area contributed by atoms with Gasteiger partial charge in [-0.15, -0.1) is 0 Å². The molecule has 1 aromatic rings. The van der Waals surface area contributed by atoms with Crippen LogP contribution in [0.25, 0.3) is 0 Å². The highest BCUT2D eigenvalue weighted by Gasteiger charge is 2.41. The summed E-state index contributed by atoms with van der Waals surface area (Å²) in [5.41, 5.74) is 2.59. The minimum absolute atomic E-state index is 0.464. The number of aromatic nitrogens is 1. The summed E-state index contributed by atoms with van der Waals surface area (Å²) in [5, 5.41) is 6.56. The zero-order valence-corrected chi connectivity index (χ0v) is 10.6. The molecule has 2 rings (SSSR count). The highest BCUT2D eigenvalue weighted by atomic mass is 16.5. The van der Waals surface area contributed by atoms with Crippen LogP contribution in [-0.4, -0.2) is 32.3 Å². The van der Waals surface area contributed by atoms with Gasteiger partial charge >= 0.3 is 0 Å². The van der Waals surface area contributed by atoms with Crippen molar-refractivity contribution >= 4 is 11.4 Å². The molecule has 2 N–H and O–H groups in total. The van der Waals surface area contributed by atoms with E-state index in [0.29, 0.717) is 5.41 Å². The van der Waals surface area contributed by atoms with E-state index < -0.39 is 0 Å². The van der Waals surface area contributed by atoms with Crippen LogP contribution in [0.2, 0.25) is 0 Å². The first-order valence-electron chi connectivity index (χ1n) is 6.14. The number of pyridine rings is 1. The number of hydrogen-bond donors (Lipinski definition) is 2. The number of nitrogens with zero attached hydrogens (tertiary/aromatic N) is 1. The average molecular weight is 235 g/mol. The summed E-state index contributed by atoms with van der Waals surface area (Å²) in [6, 6.07) is 2.08. The summed E-state index contributed by atoms with van der Waals surface area (Å²) in [6.45, 7) is 1.88. The van der Waals surface area contributed by atoms with Crippen LogP contribution in [0.5, 0.6) is 0 Å². The molecule has 17 heavy (non-hydrogen) atoms. The van der Waals surface area contributed by atoms with Crippen LogP contribution in [0.3, 0.4) is 0 Å². The van der Waals surface area contributed by atoms with Gasteiger partial charge in [0.05, 0.1) is 23.8 Å². The molecule has 1 aliphatic rings. The van der Waals surface area contributed by atoms with Crippen LogP contribution in [0.1, 0.15) is 19.3 Å². The summed E-state index contributed by atoms with van der Waals surface area (Å²) in [5.74, 6) is 0. The Morgan fingerprint density at radius 2 is 2.12 bits per heavy atom. The topological polar surface area (TPSA) is 46.2 Å². The molecule has 94 valence electrons. The fraction of sp³-hybridized carbons (Fsp3) is 0.615. The van der Waals surface area contributed by atoms with Gasteiger partial charge in [-0.05, 0) is 30.7 Å². The number of methoxy groups -OCH3 is 1. The van der Waals surface area contributed by atoms with Gasteiger partial charge in [-0.25, -0.2) is 0 Å². The van der Waals surface area contributed by atoms with Gasteiger partial charge in [-0.3, -0.25) is 4.98 Å². The molecule has 0 aromatic carbocycles. The number of rotatable bonds is 7. The van der Waals surface area contributed by atoms with Gasteiger partial charge in [0, 0.05) is 27.3 Å². The Balaban J connectivity index is 1.85. The third-order valence-corrected chi connectivity index (χ3v) is 3.49. The maximum Gasteiger partial charge on any atom is 0.0547 e. The number of ether oxygens (including phenoxy) is 1. The molecule has 1 aliphatic carbocycles. The summed E-state index contributed by atoms with van der Waals surface area (Å²) >= 11 is 0. The van der Waals surface area contributed by atoms with E-state index in [1.165, 1.54) is 12.8 Å². The monoisotopic (exact) mass is 235 g/mol. The number of hydrogen-bond acceptors (Lipinski definition) is 4. The van der Waals surface area contributed by atoms with E-state index in [2.05, 4.69) is 21.7 Å². The van der Waals surface area contributed by atoms with Gasteiger partial charge in [0.2, 0.25) is 0 Å². The lowest BCUT2D eigenvalue weighted by molar-refractivity contribution is 0.175. The highest BCUT2D eigenvalue weighted by Crippen LogP contribution is 2.48. The third-order valence-electron chi connectivity index (χ3n) is 3.49. The smallest absolute Gasteiger partial charge is 0.0547 e. The van der Waals surface area contributed by atoms with E-state index in [0.717, 1.165) is 30.9 Å². The fourth-order valence-corrected chi connectivity index (χ4v) is 1.97. The van der Waals surface area contributed by atoms with Crippen molar-refractivity contribution < 1.29 is 4.74 Å². The van der Waals surface area contributed by atoms with Crippen LogP contribution in [0.15, 0.2) is 18.5 Å². The molecule has 0 spiro atoms.